The minimum Gasteiger partial charge on any atom is -0.495 e. The van der Waals surface area contributed by atoms with Crippen LogP contribution in [-0.4, -0.2) is 51.3 Å². The van der Waals surface area contributed by atoms with Crippen LogP contribution in [0.5, 0.6) is 5.75 Å². The molecular weight excluding hydrogens is 434 g/mol. The molecule has 3 rings (SSSR count). The molecule has 2 amide bonds. The van der Waals surface area contributed by atoms with E-state index in [1.165, 1.54) is 35.9 Å². The Balaban J connectivity index is 1.70. The first kappa shape index (κ1) is 23.8. The molecule has 0 bridgehead atoms. The number of rotatable bonds is 8. The molecule has 1 fully saturated rings. The molecule has 2 atom stereocenters. The van der Waals surface area contributed by atoms with Crippen molar-refractivity contribution in [2.75, 3.05) is 26.7 Å². The van der Waals surface area contributed by atoms with Gasteiger partial charge in [-0.05, 0) is 48.6 Å². The number of nitrogens with one attached hydrogen (secondary N) is 2. The van der Waals surface area contributed by atoms with E-state index in [-0.39, 0.29) is 41.1 Å². The number of benzene rings is 1. The molecule has 1 aromatic heterocycles. The Hall–Kier alpha value is -2.85. The largest absolute Gasteiger partial charge is 0.495 e. The van der Waals surface area contributed by atoms with Crippen molar-refractivity contribution in [1.29, 1.82) is 0 Å². The molecular formula is C22H29N3O6S. The van der Waals surface area contributed by atoms with Crippen LogP contribution >= 0.6 is 0 Å². The third kappa shape index (κ3) is 5.68. The maximum atomic E-state index is 13.3. The summed E-state index contributed by atoms with van der Waals surface area (Å²) in [6.45, 7) is 4.84. The second-order valence-electron chi connectivity index (χ2n) is 8.17. The van der Waals surface area contributed by atoms with E-state index in [0.29, 0.717) is 18.8 Å². The molecule has 0 saturated carbocycles. The van der Waals surface area contributed by atoms with Crippen LogP contribution in [0.3, 0.4) is 0 Å². The molecule has 1 aliphatic rings. The SMILES string of the molecule is COc1ccc(C(=O)NCC(=O)NCc2ccco2)cc1S(=O)(=O)N1CC(C)CC(C)C1. The lowest BCUT2D eigenvalue weighted by atomic mass is 9.94. The van der Waals surface area contributed by atoms with Crippen LogP contribution in [0.4, 0.5) is 0 Å². The average Bonchev–Trinajstić information content (AvgIpc) is 3.28. The molecule has 1 aromatic carbocycles. The second kappa shape index (κ2) is 10.2. The molecule has 10 heteroatoms. The summed E-state index contributed by atoms with van der Waals surface area (Å²) in [6, 6.07) is 7.66. The Morgan fingerprint density at radius 3 is 2.50 bits per heavy atom. The zero-order valence-electron chi connectivity index (χ0n) is 18.5. The Labute approximate surface area is 188 Å². The average molecular weight is 464 g/mol. The highest BCUT2D eigenvalue weighted by Gasteiger charge is 2.34. The smallest absolute Gasteiger partial charge is 0.251 e. The number of furan rings is 1. The van der Waals surface area contributed by atoms with Gasteiger partial charge >= 0.3 is 0 Å². The van der Waals surface area contributed by atoms with Gasteiger partial charge in [-0.1, -0.05) is 13.8 Å². The molecule has 0 radical (unpaired) electrons. The number of hydrogen-bond acceptors (Lipinski definition) is 6. The van der Waals surface area contributed by atoms with E-state index < -0.39 is 21.8 Å². The van der Waals surface area contributed by atoms with Crippen LogP contribution in [0.2, 0.25) is 0 Å². The molecule has 32 heavy (non-hydrogen) atoms. The predicted octanol–water partition coefficient (Wildman–Crippen LogP) is 2.00. The molecule has 9 nitrogen and oxygen atoms in total. The van der Waals surface area contributed by atoms with Crippen molar-refractivity contribution < 1.29 is 27.2 Å². The summed E-state index contributed by atoms with van der Waals surface area (Å²) in [7, 11) is -2.47. The topological polar surface area (TPSA) is 118 Å². The van der Waals surface area contributed by atoms with Gasteiger partial charge in [-0.3, -0.25) is 9.59 Å². The summed E-state index contributed by atoms with van der Waals surface area (Å²) >= 11 is 0. The van der Waals surface area contributed by atoms with Gasteiger partial charge in [-0.2, -0.15) is 4.31 Å². The number of piperidine rings is 1. The maximum absolute atomic E-state index is 13.3. The summed E-state index contributed by atoms with van der Waals surface area (Å²) in [5.41, 5.74) is 0.126. The molecule has 1 saturated heterocycles. The van der Waals surface area contributed by atoms with Crippen LogP contribution in [0.15, 0.2) is 45.9 Å². The zero-order valence-corrected chi connectivity index (χ0v) is 19.3. The second-order valence-corrected chi connectivity index (χ2v) is 10.1. The first-order chi connectivity index (χ1) is 15.2. The fraction of sp³-hybridized carbons (Fsp3) is 0.455. The normalized spacial score (nSPS) is 19.3. The molecule has 1 aliphatic heterocycles. The van der Waals surface area contributed by atoms with E-state index in [4.69, 9.17) is 9.15 Å². The fourth-order valence-corrected chi connectivity index (χ4v) is 5.75. The Kier molecular flexibility index (Phi) is 7.57. The molecule has 2 heterocycles. The van der Waals surface area contributed by atoms with Crippen molar-refractivity contribution in [1.82, 2.24) is 14.9 Å². The number of carbonyl (C=O) groups is 2. The van der Waals surface area contributed by atoms with Crippen LogP contribution in [-0.2, 0) is 21.4 Å². The minimum atomic E-state index is -3.85. The van der Waals surface area contributed by atoms with Gasteiger partial charge in [0.1, 0.15) is 16.4 Å². The Morgan fingerprint density at radius 2 is 1.88 bits per heavy atom. The van der Waals surface area contributed by atoms with Gasteiger partial charge < -0.3 is 19.8 Å². The number of nitrogens with zero attached hydrogens (tertiary/aromatic N) is 1. The van der Waals surface area contributed by atoms with E-state index in [9.17, 15) is 18.0 Å². The lowest BCUT2D eigenvalue weighted by Crippen LogP contribution is -2.42. The first-order valence-corrected chi connectivity index (χ1v) is 11.9. The van der Waals surface area contributed by atoms with E-state index in [0.717, 1.165) is 6.42 Å². The van der Waals surface area contributed by atoms with E-state index in [1.54, 1.807) is 12.1 Å². The van der Waals surface area contributed by atoms with Crippen molar-refractivity contribution in [3.05, 3.63) is 47.9 Å². The lowest BCUT2D eigenvalue weighted by molar-refractivity contribution is -0.120. The zero-order chi connectivity index (χ0) is 23.3. The monoisotopic (exact) mass is 463 g/mol. The highest BCUT2D eigenvalue weighted by Crippen LogP contribution is 2.32. The van der Waals surface area contributed by atoms with Crippen molar-refractivity contribution in [2.24, 2.45) is 11.8 Å². The van der Waals surface area contributed by atoms with Gasteiger partial charge in [0.05, 0.1) is 26.5 Å². The summed E-state index contributed by atoms with van der Waals surface area (Å²) in [4.78, 5) is 24.5. The molecule has 174 valence electrons. The Morgan fingerprint density at radius 1 is 1.16 bits per heavy atom. The van der Waals surface area contributed by atoms with Crippen molar-refractivity contribution in [3.63, 3.8) is 0 Å². The predicted molar refractivity (Wildman–Crippen MR) is 118 cm³/mol. The van der Waals surface area contributed by atoms with E-state index in [1.807, 2.05) is 13.8 Å². The fourth-order valence-electron chi connectivity index (χ4n) is 3.88. The Bertz CT molecular complexity index is 1040. The molecule has 2 unspecified atom stereocenters. The standard InChI is InChI=1S/C22H29N3O6S/c1-15-9-16(2)14-25(13-15)32(28,29)20-10-17(6-7-19(20)30-3)22(27)24-12-21(26)23-11-18-5-4-8-31-18/h4-8,10,15-16H,9,11-14H2,1-3H3,(H,23,26)(H,24,27). The maximum Gasteiger partial charge on any atom is 0.251 e. The number of ether oxygens (including phenoxy) is 1. The van der Waals surface area contributed by atoms with E-state index >= 15 is 0 Å². The summed E-state index contributed by atoms with van der Waals surface area (Å²) in [6.07, 6.45) is 2.47. The molecule has 0 spiro atoms. The quantitative estimate of drug-likeness (QED) is 0.618. The molecule has 2 aromatic rings. The van der Waals surface area contributed by atoms with Gasteiger partial charge in [-0.15, -0.1) is 0 Å². The van der Waals surface area contributed by atoms with Gasteiger partial charge in [0.15, 0.2) is 0 Å². The lowest BCUT2D eigenvalue weighted by Gasteiger charge is -2.34. The highest BCUT2D eigenvalue weighted by atomic mass is 32.2. The van der Waals surface area contributed by atoms with Gasteiger partial charge in [0, 0.05) is 18.7 Å². The summed E-state index contributed by atoms with van der Waals surface area (Å²) in [5.74, 6) is 0.293. The van der Waals surface area contributed by atoms with Crippen molar-refractivity contribution >= 4 is 21.8 Å². The van der Waals surface area contributed by atoms with Gasteiger partial charge in [0.25, 0.3) is 5.91 Å². The number of amides is 2. The third-order valence-electron chi connectivity index (χ3n) is 5.33. The summed E-state index contributed by atoms with van der Waals surface area (Å²) < 4.78 is 38.5. The van der Waals surface area contributed by atoms with E-state index in [2.05, 4.69) is 10.6 Å². The van der Waals surface area contributed by atoms with Crippen LogP contribution < -0.4 is 15.4 Å². The van der Waals surface area contributed by atoms with Crippen LogP contribution in [0.1, 0.15) is 36.4 Å². The van der Waals surface area contributed by atoms with Gasteiger partial charge in [0.2, 0.25) is 15.9 Å². The van der Waals surface area contributed by atoms with Crippen LogP contribution in [0, 0.1) is 11.8 Å². The third-order valence-corrected chi connectivity index (χ3v) is 7.18. The highest BCUT2D eigenvalue weighted by molar-refractivity contribution is 7.89. The number of carbonyl (C=O) groups excluding carboxylic acids is 2. The minimum absolute atomic E-state index is 0.0591. The number of hydrogen-bond donors (Lipinski definition) is 2. The van der Waals surface area contributed by atoms with Crippen molar-refractivity contribution in [3.8, 4) is 5.75 Å². The number of sulfonamides is 1. The molecule has 0 aliphatic carbocycles. The van der Waals surface area contributed by atoms with Crippen LogP contribution in [0.25, 0.3) is 0 Å². The first-order valence-electron chi connectivity index (χ1n) is 10.5. The summed E-state index contributed by atoms with van der Waals surface area (Å²) in [5, 5.41) is 5.13. The molecule has 2 N–H and O–H groups in total. The van der Waals surface area contributed by atoms with Gasteiger partial charge in [-0.25, -0.2) is 8.42 Å². The van der Waals surface area contributed by atoms with Crippen molar-refractivity contribution in [2.45, 2.75) is 31.7 Å². The number of methoxy groups -OCH3 is 1.